The van der Waals surface area contributed by atoms with Gasteiger partial charge in [-0.15, -0.1) is 0 Å². The van der Waals surface area contributed by atoms with Crippen LogP contribution in [0.25, 0.3) is 0 Å². The van der Waals surface area contributed by atoms with Crippen molar-refractivity contribution >= 4 is 12.1 Å². The lowest BCUT2D eigenvalue weighted by Crippen LogP contribution is -2.29. The van der Waals surface area contributed by atoms with Gasteiger partial charge in [0.25, 0.3) is 0 Å². The minimum atomic E-state index is -0.495. The van der Waals surface area contributed by atoms with E-state index in [9.17, 15) is 9.59 Å². The fourth-order valence-electron chi connectivity index (χ4n) is 3.67. The standard InChI is InChI=1S/C17H25NO4/c1-3-16(19)21-10-8-18-17(20)22-9-7-13-11-12(2)14-5-4-6-15(13)14/h3-5,12-15H,1,6-11H2,2H3,(H,18,20). The number of allylic oxidation sites excluding steroid dienone is 2. The highest BCUT2D eigenvalue weighted by Gasteiger charge is 2.40. The Kier molecular flexibility index (Phi) is 6.04. The average Bonchev–Trinajstić information content (AvgIpc) is 3.09. The minimum Gasteiger partial charge on any atom is -0.461 e. The summed E-state index contributed by atoms with van der Waals surface area (Å²) in [5.74, 6) is 2.35. The molecule has 2 aliphatic rings. The molecule has 0 aromatic rings. The molecule has 0 spiro atoms. The summed E-state index contributed by atoms with van der Waals surface area (Å²) in [6, 6.07) is 0. The van der Waals surface area contributed by atoms with Gasteiger partial charge in [0.15, 0.2) is 0 Å². The number of alkyl carbamates (subject to hydrolysis) is 1. The van der Waals surface area contributed by atoms with Crippen molar-refractivity contribution in [2.45, 2.75) is 26.2 Å². The lowest BCUT2D eigenvalue weighted by Gasteiger charge is -2.18. The molecule has 1 saturated carbocycles. The van der Waals surface area contributed by atoms with Crippen LogP contribution in [-0.4, -0.2) is 31.8 Å². The Hall–Kier alpha value is -1.78. The van der Waals surface area contributed by atoms with Crippen LogP contribution < -0.4 is 5.32 Å². The molecule has 2 rings (SSSR count). The van der Waals surface area contributed by atoms with Crippen LogP contribution in [0.15, 0.2) is 24.8 Å². The smallest absolute Gasteiger partial charge is 0.407 e. The first-order valence-electron chi connectivity index (χ1n) is 7.98. The van der Waals surface area contributed by atoms with Crippen LogP contribution in [0.1, 0.15) is 26.2 Å². The van der Waals surface area contributed by atoms with Crippen LogP contribution >= 0.6 is 0 Å². The lowest BCUT2D eigenvalue weighted by atomic mass is 9.89. The van der Waals surface area contributed by atoms with Gasteiger partial charge in [-0.2, -0.15) is 0 Å². The zero-order valence-corrected chi connectivity index (χ0v) is 13.1. The van der Waals surface area contributed by atoms with E-state index in [4.69, 9.17) is 9.47 Å². The second kappa shape index (κ2) is 8.01. The molecule has 0 aromatic carbocycles. The van der Waals surface area contributed by atoms with E-state index in [1.165, 1.54) is 12.8 Å². The van der Waals surface area contributed by atoms with Crippen molar-refractivity contribution < 1.29 is 19.1 Å². The fraction of sp³-hybridized carbons (Fsp3) is 0.647. The molecule has 1 fully saturated rings. The van der Waals surface area contributed by atoms with E-state index in [0.717, 1.165) is 30.3 Å². The predicted octanol–water partition coefficient (Wildman–Crippen LogP) is 2.68. The Morgan fingerprint density at radius 3 is 2.95 bits per heavy atom. The molecule has 4 atom stereocenters. The van der Waals surface area contributed by atoms with Gasteiger partial charge in [0.05, 0.1) is 13.2 Å². The Morgan fingerprint density at radius 1 is 1.36 bits per heavy atom. The van der Waals surface area contributed by atoms with Crippen molar-refractivity contribution in [3.05, 3.63) is 24.8 Å². The molecule has 0 saturated heterocycles. The number of esters is 1. The Labute approximate surface area is 131 Å². The van der Waals surface area contributed by atoms with Crippen LogP contribution in [0.3, 0.4) is 0 Å². The lowest BCUT2D eigenvalue weighted by molar-refractivity contribution is -0.137. The van der Waals surface area contributed by atoms with E-state index in [0.29, 0.717) is 12.5 Å². The number of fused-ring (bicyclic) bond motifs is 1. The molecule has 22 heavy (non-hydrogen) atoms. The van der Waals surface area contributed by atoms with E-state index < -0.39 is 12.1 Å². The number of hydrogen-bond donors (Lipinski definition) is 1. The highest BCUT2D eigenvalue weighted by Crippen LogP contribution is 2.48. The molecule has 0 radical (unpaired) electrons. The molecule has 2 aliphatic carbocycles. The zero-order chi connectivity index (χ0) is 15.9. The van der Waals surface area contributed by atoms with Crippen LogP contribution in [0.2, 0.25) is 0 Å². The normalized spacial score (nSPS) is 29.0. The first kappa shape index (κ1) is 16.6. The van der Waals surface area contributed by atoms with Crippen molar-refractivity contribution in [3.8, 4) is 0 Å². The van der Waals surface area contributed by atoms with Gasteiger partial charge in [0.1, 0.15) is 6.61 Å². The van der Waals surface area contributed by atoms with E-state index in [1.807, 2.05) is 0 Å². The van der Waals surface area contributed by atoms with Crippen molar-refractivity contribution in [3.63, 3.8) is 0 Å². The molecule has 5 nitrogen and oxygen atoms in total. The summed E-state index contributed by atoms with van der Waals surface area (Å²) in [6.07, 6.45) is 8.59. The van der Waals surface area contributed by atoms with Crippen LogP contribution in [0.4, 0.5) is 4.79 Å². The molecule has 5 heteroatoms. The van der Waals surface area contributed by atoms with Crippen molar-refractivity contribution in [2.75, 3.05) is 19.8 Å². The van der Waals surface area contributed by atoms with Gasteiger partial charge in [-0.25, -0.2) is 9.59 Å². The van der Waals surface area contributed by atoms with E-state index in [1.54, 1.807) is 0 Å². The van der Waals surface area contributed by atoms with Crippen molar-refractivity contribution in [1.82, 2.24) is 5.32 Å². The van der Waals surface area contributed by atoms with E-state index >= 15 is 0 Å². The second-order valence-electron chi connectivity index (χ2n) is 6.10. The summed E-state index contributed by atoms with van der Waals surface area (Å²) in [4.78, 5) is 22.3. The summed E-state index contributed by atoms with van der Waals surface area (Å²) in [7, 11) is 0. The largest absolute Gasteiger partial charge is 0.461 e. The maximum absolute atomic E-state index is 11.5. The molecule has 0 bridgehead atoms. The molecular weight excluding hydrogens is 282 g/mol. The number of amides is 1. The van der Waals surface area contributed by atoms with Crippen molar-refractivity contribution in [1.29, 1.82) is 0 Å². The first-order valence-corrected chi connectivity index (χ1v) is 7.98. The van der Waals surface area contributed by atoms with Crippen LogP contribution in [-0.2, 0) is 14.3 Å². The molecule has 122 valence electrons. The molecule has 4 unspecified atom stereocenters. The Morgan fingerprint density at radius 2 is 2.18 bits per heavy atom. The van der Waals surface area contributed by atoms with Gasteiger partial charge < -0.3 is 14.8 Å². The number of carbonyl (C=O) groups is 2. The highest BCUT2D eigenvalue weighted by molar-refractivity contribution is 5.81. The molecule has 1 N–H and O–H groups in total. The SMILES string of the molecule is C=CC(=O)OCCNC(=O)OCCC1CC(C)C2C=CCC12. The third kappa shape index (κ3) is 4.36. The second-order valence-corrected chi connectivity index (χ2v) is 6.10. The van der Waals surface area contributed by atoms with Gasteiger partial charge in [-0.1, -0.05) is 25.7 Å². The van der Waals surface area contributed by atoms with Gasteiger partial charge in [0.2, 0.25) is 0 Å². The van der Waals surface area contributed by atoms with Gasteiger partial charge in [-0.05, 0) is 42.9 Å². The predicted molar refractivity (Wildman–Crippen MR) is 83.1 cm³/mol. The van der Waals surface area contributed by atoms with Gasteiger partial charge in [0, 0.05) is 6.08 Å². The molecule has 0 aliphatic heterocycles. The zero-order valence-electron chi connectivity index (χ0n) is 13.1. The summed E-state index contributed by atoms with van der Waals surface area (Å²) >= 11 is 0. The number of hydrogen-bond acceptors (Lipinski definition) is 4. The highest BCUT2D eigenvalue weighted by atomic mass is 16.6. The third-order valence-corrected chi connectivity index (χ3v) is 4.70. The fourth-order valence-corrected chi connectivity index (χ4v) is 3.67. The minimum absolute atomic E-state index is 0.121. The average molecular weight is 307 g/mol. The maximum atomic E-state index is 11.5. The van der Waals surface area contributed by atoms with Crippen LogP contribution in [0, 0.1) is 23.7 Å². The van der Waals surface area contributed by atoms with E-state index in [-0.39, 0.29) is 13.2 Å². The summed E-state index contributed by atoms with van der Waals surface area (Å²) in [5, 5.41) is 2.56. The first-order chi connectivity index (χ1) is 10.6. The summed E-state index contributed by atoms with van der Waals surface area (Å²) < 4.78 is 9.94. The maximum Gasteiger partial charge on any atom is 0.407 e. The van der Waals surface area contributed by atoms with Crippen LogP contribution in [0.5, 0.6) is 0 Å². The third-order valence-electron chi connectivity index (χ3n) is 4.70. The van der Waals surface area contributed by atoms with Gasteiger partial charge >= 0.3 is 12.1 Å². The monoisotopic (exact) mass is 307 g/mol. The molecule has 1 amide bonds. The van der Waals surface area contributed by atoms with Crippen molar-refractivity contribution in [2.24, 2.45) is 23.7 Å². The number of nitrogens with one attached hydrogen (secondary N) is 1. The molecule has 0 heterocycles. The summed E-state index contributed by atoms with van der Waals surface area (Å²) in [6.45, 7) is 6.41. The van der Waals surface area contributed by atoms with Gasteiger partial charge in [-0.3, -0.25) is 0 Å². The molecule has 0 aromatic heterocycles. The summed E-state index contributed by atoms with van der Waals surface area (Å²) in [5.41, 5.74) is 0. The molecular formula is C17H25NO4. The van der Waals surface area contributed by atoms with E-state index in [2.05, 4.69) is 31.0 Å². The Balaban J connectivity index is 1.56. The number of rotatable bonds is 7. The number of carbonyl (C=O) groups excluding carboxylic acids is 2. The topological polar surface area (TPSA) is 64.6 Å². The quantitative estimate of drug-likeness (QED) is 0.340. The Bertz CT molecular complexity index is 446. The number of ether oxygens (including phenoxy) is 2.